The van der Waals surface area contributed by atoms with Crippen molar-refractivity contribution in [3.63, 3.8) is 0 Å². The van der Waals surface area contributed by atoms with Crippen LogP contribution in [0.5, 0.6) is 0 Å². The van der Waals surface area contributed by atoms with E-state index >= 15 is 0 Å². The molecule has 0 radical (unpaired) electrons. The molecule has 1 aromatic carbocycles. The van der Waals surface area contributed by atoms with Crippen molar-refractivity contribution in [3.05, 3.63) is 41.0 Å². The number of hydrogen-bond acceptors (Lipinski definition) is 4. The maximum atomic E-state index is 12.6. The van der Waals surface area contributed by atoms with Gasteiger partial charge in [0.15, 0.2) is 5.69 Å². The van der Waals surface area contributed by atoms with Crippen LogP contribution in [0.15, 0.2) is 30.3 Å². The van der Waals surface area contributed by atoms with Crippen LogP contribution < -0.4 is 0 Å². The highest BCUT2D eigenvalue weighted by Crippen LogP contribution is 2.31. The van der Waals surface area contributed by atoms with Gasteiger partial charge in [0.2, 0.25) is 0 Å². The normalized spacial score (nSPS) is 10.2. The van der Waals surface area contributed by atoms with Crippen molar-refractivity contribution in [3.8, 4) is 10.4 Å². The second-order valence-corrected chi connectivity index (χ2v) is 4.36. The van der Waals surface area contributed by atoms with Crippen LogP contribution in [0.1, 0.15) is 15.5 Å². The number of nitrogens with zero attached hydrogens (tertiary/aromatic N) is 1. The van der Waals surface area contributed by atoms with Crippen LogP contribution in [-0.4, -0.2) is 18.1 Å². The van der Waals surface area contributed by atoms with E-state index in [1.54, 1.807) is 0 Å². The van der Waals surface area contributed by atoms with Gasteiger partial charge in [-0.1, -0.05) is 30.3 Å². The quantitative estimate of drug-likeness (QED) is 0.787. The molecule has 0 aliphatic heterocycles. The number of hydrogen-bond donors (Lipinski definition) is 0. The molecule has 0 atom stereocenters. The first-order valence-corrected chi connectivity index (χ1v) is 5.77. The molecular weight excluding hydrogens is 241 g/mol. The molecule has 0 N–H and O–H groups in total. The Hall–Kier alpha value is -1.75. The minimum Gasteiger partial charge on any atom is -0.464 e. The Morgan fingerprint density at radius 2 is 2.12 bits per heavy atom. The van der Waals surface area contributed by atoms with E-state index in [1.807, 2.05) is 30.3 Å². The Labute approximate surface area is 102 Å². The number of halogens is 1. The van der Waals surface area contributed by atoms with E-state index in [1.165, 1.54) is 18.4 Å². The number of esters is 1. The summed E-state index contributed by atoms with van der Waals surface area (Å²) in [7, 11) is 1.28. The minimum absolute atomic E-state index is 0.177. The zero-order chi connectivity index (χ0) is 12.3. The molecule has 0 amide bonds. The van der Waals surface area contributed by atoms with E-state index in [4.69, 9.17) is 0 Å². The Bertz CT molecular complexity index is 525. The Morgan fingerprint density at radius 3 is 2.71 bits per heavy atom. The van der Waals surface area contributed by atoms with Gasteiger partial charge in [-0.2, -0.15) is 0 Å². The number of alkyl halides is 1. The number of carbonyl (C=O) groups excluding carboxylic acids is 1. The second-order valence-electron chi connectivity index (χ2n) is 3.28. The van der Waals surface area contributed by atoms with Gasteiger partial charge in [0.25, 0.3) is 0 Å². The lowest BCUT2D eigenvalue weighted by Crippen LogP contribution is -2.03. The molecule has 0 bridgehead atoms. The van der Waals surface area contributed by atoms with E-state index in [2.05, 4.69) is 9.72 Å². The first kappa shape index (κ1) is 11.7. The predicted octanol–water partition coefficient (Wildman–Crippen LogP) is 3.07. The molecule has 0 aliphatic rings. The number of thiazole rings is 1. The molecule has 1 heterocycles. The number of benzene rings is 1. The van der Waals surface area contributed by atoms with E-state index in [9.17, 15) is 9.18 Å². The molecule has 17 heavy (non-hydrogen) atoms. The van der Waals surface area contributed by atoms with Crippen molar-refractivity contribution in [1.82, 2.24) is 4.98 Å². The van der Waals surface area contributed by atoms with Crippen LogP contribution >= 0.6 is 11.3 Å². The molecule has 5 heteroatoms. The fourth-order valence-electron chi connectivity index (χ4n) is 1.44. The van der Waals surface area contributed by atoms with Crippen LogP contribution in [0.4, 0.5) is 4.39 Å². The molecule has 88 valence electrons. The number of methoxy groups -OCH3 is 1. The van der Waals surface area contributed by atoms with E-state index < -0.39 is 12.6 Å². The van der Waals surface area contributed by atoms with Crippen LogP contribution in [0.25, 0.3) is 10.4 Å². The largest absolute Gasteiger partial charge is 0.464 e. The third-order valence-electron chi connectivity index (χ3n) is 2.20. The smallest absolute Gasteiger partial charge is 0.358 e. The van der Waals surface area contributed by atoms with E-state index in [0.717, 1.165) is 5.56 Å². The number of aromatic nitrogens is 1. The summed E-state index contributed by atoms with van der Waals surface area (Å²) in [5.41, 5.74) is 1.02. The summed E-state index contributed by atoms with van der Waals surface area (Å²) in [6.07, 6.45) is 0. The van der Waals surface area contributed by atoms with Gasteiger partial charge in [-0.15, -0.1) is 11.3 Å². The van der Waals surface area contributed by atoms with Crippen molar-refractivity contribution in [2.45, 2.75) is 6.67 Å². The van der Waals surface area contributed by atoms with Crippen LogP contribution in [-0.2, 0) is 11.4 Å². The van der Waals surface area contributed by atoms with Gasteiger partial charge in [-0.3, -0.25) is 0 Å². The number of ether oxygens (including phenoxy) is 1. The molecule has 2 aromatic rings. The molecule has 2 rings (SSSR count). The van der Waals surface area contributed by atoms with Gasteiger partial charge >= 0.3 is 5.97 Å². The molecular formula is C12H10FNO2S. The Kier molecular flexibility index (Phi) is 3.49. The first-order valence-electron chi connectivity index (χ1n) is 4.95. The van der Waals surface area contributed by atoms with Crippen molar-refractivity contribution < 1.29 is 13.9 Å². The third-order valence-corrected chi connectivity index (χ3v) is 3.27. The highest BCUT2D eigenvalue weighted by molar-refractivity contribution is 7.15. The minimum atomic E-state index is -0.679. The van der Waals surface area contributed by atoms with Gasteiger partial charge in [-0.25, -0.2) is 14.2 Å². The average Bonchev–Trinajstić information content (AvgIpc) is 2.83. The van der Waals surface area contributed by atoms with E-state index in [0.29, 0.717) is 4.88 Å². The first-order chi connectivity index (χ1) is 8.26. The molecule has 0 saturated carbocycles. The van der Waals surface area contributed by atoms with Gasteiger partial charge in [0.1, 0.15) is 11.7 Å². The monoisotopic (exact) mass is 251 g/mol. The van der Waals surface area contributed by atoms with Crippen LogP contribution in [0.3, 0.4) is 0 Å². The maximum Gasteiger partial charge on any atom is 0.358 e. The van der Waals surface area contributed by atoms with Crippen LogP contribution in [0.2, 0.25) is 0 Å². The van der Waals surface area contributed by atoms with Crippen LogP contribution in [0, 0.1) is 0 Å². The Balaban J connectivity index is 2.52. The standard InChI is InChI=1S/C12H10FNO2S/c1-16-12(15)10-11(17-9(7-13)14-10)8-5-3-2-4-6-8/h2-6H,7H2,1H3. The van der Waals surface area contributed by atoms with E-state index in [-0.39, 0.29) is 10.7 Å². The molecule has 1 aromatic heterocycles. The number of carbonyl (C=O) groups is 1. The molecule has 0 unspecified atom stereocenters. The molecule has 0 saturated heterocycles. The summed E-state index contributed by atoms with van der Waals surface area (Å²) in [6.45, 7) is -0.679. The lowest BCUT2D eigenvalue weighted by Gasteiger charge is -1.99. The Morgan fingerprint density at radius 1 is 1.41 bits per heavy atom. The maximum absolute atomic E-state index is 12.6. The summed E-state index contributed by atoms with van der Waals surface area (Å²) in [4.78, 5) is 16.1. The molecule has 0 fully saturated rings. The highest BCUT2D eigenvalue weighted by Gasteiger charge is 2.19. The molecule has 3 nitrogen and oxygen atoms in total. The second kappa shape index (κ2) is 5.05. The van der Waals surface area contributed by atoms with Crippen molar-refractivity contribution >= 4 is 17.3 Å². The lowest BCUT2D eigenvalue weighted by molar-refractivity contribution is 0.0595. The fourth-order valence-corrected chi connectivity index (χ4v) is 2.35. The van der Waals surface area contributed by atoms with Gasteiger partial charge in [0.05, 0.1) is 12.0 Å². The fraction of sp³-hybridized carbons (Fsp3) is 0.167. The summed E-state index contributed by atoms with van der Waals surface area (Å²) >= 11 is 1.17. The van der Waals surface area contributed by atoms with Crippen molar-refractivity contribution in [1.29, 1.82) is 0 Å². The van der Waals surface area contributed by atoms with Crippen molar-refractivity contribution in [2.24, 2.45) is 0 Å². The highest BCUT2D eigenvalue weighted by atomic mass is 32.1. The lowest BCUT2D eigenvalue weighted by atomic mass is 10.1. The zero-order valence-electron chi connectivity index (χ0n) is 9.14. The van der Waals surface area contributed by atoms with Gasteiger partial charge in [-0.05, 0) is 5.56 Å². The summed E-state index contributed by atoms with van der Waals surface area (Å²) in [5.74, 6) is -0.542. The molecule has 0 spiro atoms. The topological polar surface area (TPSA) is 39.2 Å². The summed E-state index contributed by atoms with van der Waals surface area (Å²) in [5, 5.41) is 0.282. The SMILES string of the molecule is COC(=O)c1nc(CF)sc1-c1ccccc1. The summed E-state index contributed by atoms with van der Waals surface area (Å²) in [6, 6.07) is 9.28. The molecule has 0 aliphatic carbocycles. The average molecular weight is 251 g/mol. The van der Waals surface area contributed by atoms with Crippen molar-refractivity contribution in [2.75, 3.05) is 7.11 Å². The zero-order valence-corrected chi connectivity index (χ0v) is 9.96. The third kappa shape index (κ3) is 2.34. The summed E-state index contributed by atoms with van der Waals surface area (Å²) < 4.78 is 17.2. The predicted molar refractivity (Wildman–Crippen MR) is 63.7 cm³/mol. The van der Waals surface area contributed by atoms with Gasteiger partial charge in [0, 0.05) is 0 Å². The van der Waals surface area contributed by atoms with Gasteiger partial charge < -0.3 is 4.74 Å². The number of rotatable bonds is 3.